The van der Waals surface area contributed by atoms with Gasteiger partial charge in [-0.1, -0.05) is 0 Å². The first-order chi connectivity index (χ1) is 13.2. The summed E-state index contributed by atoms with van der Waals surface area (Å²) in [6.07, 6.45) is 3.64. The van der Waals surface area contributed by atoms with Crippen LogP contribution < -0.4 is 15.4 Å². The summed E-state index contributed by atoms with van der Waals surface area (Å²) >= 11 is 0. The van der Waals surface area contributed by atoms with E-state index < -0.39 is 15.8 Å². The minimum absolute atomic E-state index is 0.0985. The molecule has 1 aliphatic carbocycles. The number of aromatic nitrogens is 3. The molecule has 28 heavy (non-hydrogen) atoms. The lowest BCUT2D eigenvalue weighted by Crippen LogP contribution is -2.39. The Morgan fingerprint density at radius 1 is 1.32 bits per heavy atom. The van der Waals surface area contributed by atoms with Crippen LogP contribution in [0.25, 0.3) is 11.1 Å². The van der Waals surface area contributed by atoms with Crippen LogP contribution in [0, 0.1) is 0 Å². The Labute approximate surface area is 162 Å². The van der Waals surface area contributed by atoms with Crippen molar-refractivity contribution in [2.24, 2.45) is 7.05 Å². The predicted octanol–water partition coefficient (Wildman–Crippen LogP) is 0.823. The zero-order chi connectivity index (χ0) is 20.1. The molecule has 0 amide bonds. The van der Waals surface area contributed by atoms with Crippen LogP contribution in [0.2, 0.25) is 0 Å². The number of rotatable bonds is 4. The van der Waals surface area contributed by atoms with E-state index in [2.05, 4.69) is 14.7 Å². The topological polar surface area (TPSA) is 110 Å². The number of anilines is 1. The van der Waals surface area contributed by atoms with Crippen molar-refractivity contribution in [1.29, 1.82) is 0 Å². The molecule has 0 saturated carbocycles. The summed E-state index contributed by atoms with van der Waals surface area (Å²) in [5, 5.41) is 0. The number of oxazole rings is 1. The van der Waals surface area contributed by atoms with Gasteiger partial charge in [-0.15, -0.1) is 0 Å². The quantitative estimate of drug-likeness (QED) is 0.687. The lowest BCUT2D eigenvalue weighted by molar-refractivity contribution is 0.501. The van der Waals surface area contributed by atoms with Crippen LogP contribution in [-0.4, -0.2) is 43.1 Å². The van der Waals surface area contributed by atoms with E-state index in [4.69, 9.17) is 4.42 Å². The number of aryl methyl sites for hydroxylation is 2. The van der Waals surface area contributed by atoms with Crippen molar-refractivity contribution in [3.63, 3.8) is 0 Å². The van der Waals surface area contributed by atoms with Crippen LogP contribution in [0.5, 0.6) is 0 Å². The molecule has 2 aromatic heterocycles. The normalized spacial score (nSPS) is 16.9. The number of hydrogen-bond donors (Lipinski definition) is 1. The molecule has 1 atom stereocenters. The summed E-state index contributed by atoms with van der Waals surface area (Å²) in [7, 11) is 1.57. The fourth-order valence-electron chi connectivity index (χ4n) is 3.37. The maximum absolute atomic E-state index is 12.9. The Hall–Kier alpha value is -2.72. The molecule has 0 aliphatic heterocycles. The molecule has 0 bridgehead atoms. The molecule has 1 aromatic carbocycles. The third kappa shape index (κ3) is 3.29. The van der Waals surface area contributed by atoms with Crippen LogP contribution in [0.3, 0.4) is 0 Å². The van der Waals surface area contributed by atoms with Crippen molar-refractivity contribution < 1.29 is 12.8 Å². The van der Waals surface area contributed by atoms with Gasteiger partial charge in [0.15, 0.2) is 5.58 Å². The molecule has 1 N–H and O–H groups in total. The molecule has 0 saturated heterocycles. The maximum atomic E-state index is 12.9. The lowest BCUT2D eigenvalue weighted by atomic mass is 9.94. The van der Waals surface area contributed by atoms with E-state index in [0.717, 1.165) is 11.3 Å². The van der Waals surface area contributed by atoms with E-state index in [1.54, 1.807) is 6.20 Å². The van der Waals surface area contributed by atoms with Gasteiger partial charge >= 0.3 is 5.76 Å². The van der Waals surface area contributed by atoms with Gasteiger partial charge in [-0.2, -0.15) is 0 Å². The largest absolute Gasteiger partial charge is 0.419 e. The van der Waals surface area contributed by atoms with Crippen molar-refractivity contribution in [1.82, 2.24) is 19.3 Å². The first-order valence-corrected chi connectivity index (χ1v) is 10.4. The van der Waals surface area contributed by atoms with Crippen LogP contribution in [0.4, 0.5) is 5.95 Å². The zero-order valence-electron chi connectivity index (χ0n) is 15.8. The number of nitrogens with one attached hydrogen (secondary N) is 1. The molecule has 3 aromatic rings. The Bertz CT molecular complexity index is 1210. The molecule has 148 valence electrons. The maximum Gasteiger partial charge on any atom is 0.419 e. The van der Waals surface area contributed by atoms with Gasteiger partial charge in [0.2, 0.25) is 16.0 Å². The van der Waals surface area contributed by atoms with Gasteiger partial charge in [0.1, 0.15) is 0 Å². The Kier molecular flexibility index (Phi) is 4.47. The molecule has 4 rings (SSSR count). The van der Waals surface area contributed by atoms with E-state index in [-0.39, 0.29) is 10.9 Å². The SMILES string of the molecule is CN(C)c1ncc2c(n1)CCC(NS(=O)(=O)c1ccc3oc(=O)n(C)c3c1)C2. The molecule has 2 heterocycles. The van der Waals surface area contributed by atoms with Gasteiger partial charge in [-0.3, -0.25) is 4.57 Å². The lowest BCUT2D eigenvalue weighted by Gasteiger charge is -2.25. The highest BCUT2D eigenvalue weighted by Gasteiger charge is 2.26. The molecule has 0 fully saturated rings. The first kappa shape index (κ1) is 18.6. The van der Waals surface area contributed by atoms with E-state index in [1.165, 1.54) is 29.8 Å². The molecule has 0 spiro atoms. The van der Waals surface area contributed by atoms with Crippen molar-refractivity contribution >= 4 is 27.1 Å². The fraction of sp³-hybridized carbons (Fsp3) is 0.389. The molecular weight excluding hydrogens is 382 g/mol. The number of fused-ring (bicyclic) bond motifs is 2. The average Bonchev–Trinajstić information content (AvgIpc) is 2.94. The van der Waals surface area contributed by atoms with Crippen LogP contribution in [0.1, 0.15) is 17.7 Å². The van der Waals surface area contributed by atoms with Crippen molar-refractivity contribution in [3.05, 3.63) is 46.2 Å². The zero-order valence-corrected chi connectivity index (χ0v) is 16.7. The fourth-order valence-corrected chi connectivity index (χ4v) is 4.66. The summed E-state index contributed by atoms with van der Waals surface area (Å²) in [6, 6.07) is 4.15. The van der Waals surface area contributed by atoms with E-state index in [9.17, 15) is 13.2 Å². The van der Waals surface area contributed by atoms with E-state index >= 15 is 0 Å². The molecule has 1 aliphatic rings. The predicted molar refractivity (Wildman–Crippen MR) is 104 cm³/mol. The van der Waals surface area contributed by atoms with Crippen LogP contribution in [0.15, 0.2) is 38.5 Å². The minimum Gasteiger partial charge on any atom is -0.408 e. The second kappa shape index (κ2) is 6.71. The monoisotopic (exact) mass is 403 g/mol. The van der Waals surface area contributed by atoms with Gasteiger partial charge in [0.25, 0.3) is 0 Å². The Morgan fingerprint density at radius 2 is 2.11 bits per heavy atom. The molecule has 1 unspecified atom stereocenters. The standard InChI is InChI=1S/C18H21N5O4S/c1-22(2)17-19-10-11-8-12(4-6-14(11)20-17)21-28(25,26)13-5-7-16-15(9-13)23(3)18(24)27-16/h5,7,9-10,12,21H,4,6,8H2,1-3H3. The van der Waals surface area contributed by atoms with Crippen LogP contribution >= 0.6 is 0 Å². The third-order valence-electron chi connectivity index (χ3n) is 4.93. The van der Waals surface area contributed by atoms with Crippen molar-refractivity contribution in [2.75, 3.05) is 19.0 Å². The van der Waals surface area contributed by atoms with Gasteiger partial charge in [0, 0.05) is 39.1 Å². The summed E-state index contributed by atoms with van der Waals surface area (Å²) in [5.41, 5.74) is 2.71. The second-order valence-corrected chi connectivity index (χ2v) is 8.87. The van der Waals surface area contributed by atoms with Gasteiger partial charge in [0.05, 0.1) is 10.4 Å². The van der Waals surface area contributed by atoms with Crippen LogP contribution in [-0.2, 0) is 29.9 Å². The Balaban J connectivity index is 1.57. The van der Waals surface area contributed by atoms with Crippen molar-refractivity contribution in [2.45, 2.75) is 30.2 Å². The average molecular weight is 403 g/mol. The number of nitrogens with zero attached hydrogens (tertiary/aromatic N) is 4. The number of benzene rings is 1. The summed E-state index contributed by atoms with van der Waals surface area (Å²) in [6.45, 7) is 0. The third-order valence-corrected chi connectivity index (χ3v) is 6.45. The summed E-state index contributed by atoms with van der Waals surface area (Å²) in [5.74, 6) is 0.121. The van der Waals surface area contributed by atoms with Gasteiger partial charge < -0.3 is 9.32 Å². The van der Waals surface area contributed by atoms with E-state index in [1.807, 2.05) is 19.0 Å². The molecule has 10 heteroatoms. The van der Waals surface area contributed by atoms with Gasteiger partial charge in [-0.25, -0.2) is 27.9 Å². The molecule has 0 radical (unpaired) electrons. The van der Waals surface area contributed by atoms with E-state index in [0.29, 0.717) is 36.3 Å². The highest BCUT2D eigenvalue weighted by molar-refractivity contribution is 7.89. The molecular formula is C18H21N5O4S. The van der Waals surface area contributed by atoms with Gasteiger partial charge in [-0.05, 0) is 43.0 Å². The second-order valence-electron chi connectivity index (χ2n) is 7.15. The number of sulfonamides is 1. The smallest absolute Gasteiger partial charge is 0.408 e. The Morgan fingerprint density at radius 3 is 2.86 bits per heavy atom. The van der Waals surface area contributed by atoms with Crippen molar-refractivity contribution in [3.8, 4) is 0 Å². The minimum atomic E-state index is -3.74. The molecule has 9 nitrogen and oxygen atoms in total. The number of hydrogen-bond acceptors (Lipinski definition) is 7. The highest BCUT2D eigenvalue weighted by atomic mass is 32.2. The highest BCUT2D eigenvalue weighted by Crippen LogP contribution is 2.23. The first-order valence-electron chi connectivity index (χ1n) is 8.88. The summed E-state index contributed by atoms with van der Waals surface area (Å²) < 4.78 is 34.8. The summed E-state index contributed by atoms with van der Waals surface area (Å²) in [4.78, 5) is 22.4.